The molecule has 1 saturated carbocycles. The number of carbonyl (C=O) groups is 1. The zero-order valence-electron chi connectivity index (χ0n) is 27.6. The van der Waals surface area contributed by atoms with E-state index < -0.39 is 37.3 Å². The number of rotatable bonds is 0. The minimum absolute atomic E-state index is 0.167. The maximum atomic E-state index is 13.5. The van der Waals surface area contributed by atoms with Gasteiger partial charge in [-0.15, -0.1) is 10.5 Å². The van der Waals surface area contributed by atoms with Gasteiger partial charge in [0.05, 0.1) is 17.5 Å². The number of allylic oxidation sites excluding steroid dienone is 1. The second-order valence-electron chi connectivity index (χ2n) is 14.5. The lowest BCUT2D eigenvalue weighted by molar-refractivity contribution is -0.0613. The molecule has 2 N–H and O–H groups in total. The van der Waals surface area contributed by atoms with E-state index in [1.807, 2.05) is 25.3 Å². The molecule has 4 aliphatic rings. The third kappa shape index (κ3) is 6.51. The van der Waals surface area contributed by atoms with Crippen LogP contribution in [0.1, 0.15) is 74.4 Å². The highest BCUT2D eigenvalue weighted by Gasteiger charge is 2.54. The predicted molar refractivity (Wildman–Crippen MR) is 193 cm³/mol. The maximum absolute atomic E-state index is 13.5. The summed E-state index contributed by atoms with van der Waals surface area (Å²) in [6, 6.07) is 11.3. The Kier molecular flexibility index (Phi) is 9.14. The number of nitrogens with zero attached hydrogens (tertiary/aromatic N) is 1. The van der Waals surface area contributed by atoms with Crippen LogP contribution in [0.15, 0.2) is 48.6 Å². The zero-order chi connectivity index (χ0) is 33.8. The summed E-state index contributed by atoms with van der Waals surface area (Å²) in [5, 5.41) is 15.3. The van der Waals surface area contributed by atoms with Crippen LogP contribution in [0.25, 0.3) is 0 Å². The van der Waals surface area contributed by atoms with Gasteiger partial charge in [-0.05, 0) is 116 Å². The number of anilines is 1. The van der Waals surface area contributed by atoms with Gasteiger partial charge in [-0.25, -0.2) is 13.1 Å². The van der Waals surface area contributed by atoms with E-state index in [1.54, 1.807) is 31.2 Å². The van der Waals surface area contributed by atoms with Gasteiger partial charge < -0.3 is 14.7 Å². The van der Waals surface area contributed by atoms with Crippen molar-refractivity contribution in [2.24, 2.45) is 17.3 Å². The van der Waals surface area contributed by atoms with Gasteiger partial charge in [0, 0.05) is 35.0 Å². The van der Waals surface area contributed by atoms with Crippen molar-refractivity contribution >= 4 is 49.6 Å². The molecule has 1 amide bonds. The molecule has 1 fully saturated rings. The van der Waals surface area contributed by atoms with Crippen LogP contribution < -0.4 is 14.4 Å². The molecule has 7 atom stereocenters. The van der Waals surface area contributed by atoms with Crippen molar-refractivity contribution in [3.63, 3.8) is 0 Å². The van der Waals surface area contributed by atoms with E-state index in [0.717, 1.165) is 37.8 Å². The standard InChI is InChI=1S/C37H45ClN2O5S2/c1-25-8-6-16-37(42,18-19-46(4)5)33-14-17-35(33,3)22-40-23-36(15-7-9-27-20-29(38)11-12-30(27)36)24-45-32-13-10-28(21-31(32)40)34(41)39-47(43,44)26(25)2/h6,10-13,16,20-21,25-26,33,42H,4,7-9,14-15,17,22-24H2,1-3,5H3,(H,39,41). The monoisotopic (exact) mass is 696 g/mol. The maximum Gasteiger partial charge on any atom is 0.264 e. The average Bonchev–Trinajstić information content (AvgIpc) is 3.15. The van der Waals surface area contributed by atoms with Crippen molar-refractivity contribution in [1.29, 1.82) is 0 Å². The number of benzene rings is 2. The molecule has 0 saturated heterocycles. The first kappa shape index (κ1) is 34.1. The number of fused-ring (bicyclic) bond motifs is 4. The molecule has 7 nitrogen and oxygen atoms in total. The predicted octanol–water partition coefficient (Wildman–Crippen LogP) is 6.30. The molecule has 1 spiro atoms. The summed E-state index contributed by atoms with van der Waals surface area (Å²) in [5.41, 5.74) is 1.40. The summed E-state index contributed by atoms with van der Waals surface area (Å²) in [5.74, 6) is 6.74. The van der Waals surface area contributed by atoms with Gasteiger partial charge in [-0.1, -0.05) is 49.4 Å². The number of halogens is 1. The van der Waals surface area contributed by atoms with E-state index in [0.29, 0.717) is 36.9 Å². The summed E-state index contributed by atoms with van der Waals surface area (Å²) in [4.78, 5) is 15.8. The lowest BCUT2D eigenvalue weighted by Gasteiger charge is -2.54. The fourth-order valence-corrected chi connectivity index (χ4v) is 9.86. The molecule has 47 heavy (non-hydrogen) atoms. The molecule has 2 aliphatic carbocycles. The van der Waals surface area contributed by atoms with E-state index in [4.69, 9.17) is 16.3 Å². The molecule has 0 radical (unpaired) electrons. The highest BCUT2D eigenvalue weighted by molar-refractivity contribution is 8.17. The Hall–Kier alpha value is -2.77. The number of hydrogen-bond acceptors (Lipinski definition) is 6. The zero-order valence-corrected chi connectivity index (χ0v) is 30.0. The van der Waals surface area contributed by atoms with Crippen LogP contribution in [0.3, 0.4) is 0 Å². The summed E-state index contributed by atoms with van der Waals surface area (Å²) >= 11 is 6.44. The first-order chi connectivity index (χ1) is 22.1. The minimum Gasteiger partial charge on any atom is -0.490 e. The Bertz CT molecular complexity index is 1820. The van der Waals surface area contributed by atoms with Crippen molar-refractivity contribution < 1.29 is 23.1 Å². The van der Waals surface area contributed by atoms with Crippen molar-refractivity contribution in [2.45, 2.75) is 75.6 Å². The van der Waals surface area contributed by atoms with Gasteiger partial charge in [-0.3, -0.25) is 4.79 Å². The first-order valence-corrected chi connectivity index (χ1v) is 20.1. The van der Waals surface area contributed by atoms with Gasteiger partial charge in [0.15, 0.2) is 0 Å². The van der Waals surface area contributed by atoms with Crippen LogP contribution in [0.2, 0.25) is 5.02 Å². The summed E-state index contributed by atoms with van der Waals surface area (Å²) in [7, 11) is -4.43. The van der Waals surface area contributed by atoms with E-state index >= 15 is 0 Å². The van der Waals surface area contributed by atoms with E-state index in [1.165, 1.54) is 11.1 Å². The van der Waals surface area contributed by atoms with Crippen molar-refractivity contribution in [1.82, 2.24) is 4.72 Å². The van der Waals surface area contributed by atoms with Crippen LogP contribution in [-0.2, 0) is 21.9 Å². The van der Waals surface area contributed by atoms with Crippen molar-refractivity contribution in [2.75, 3.05) is 30.9 Å². The third-order valence-electron chi connectivity index (χ3n) is 11.1. The second kappa shape index (κ2) is 12.6. The van der Waals surface area contributed by atoms with E-state index in [-0.39, 0.29) is 28.2 Å². The topological polar surface area (TPSA) is 95.9 Å². The van der Waals surface area contributed by atoms with E-state index in [9.17, 15) is 18.3 Å². The minimum atomic E-state index is -3.99. The Labute approximate surface area is 287 Å². The molecule has 2 bridgehead atoms. The lowest BCUT2D eigenvalue weighted by atomic mass is 9.54. The SMILES string of the molecule is C=S(C)C#CC1(O)C=CCC(C)C(C)S(=O)(=O)NC(=O)c2ccc3c(c2)N(CC2(CCCc4cc(Cl)ccc42)CO3)CC2(C)CCC12. The number of aliphatic hydroxyl groups is 1. The van der Waals surface area contributed by atoms with Gasteiger partial charge in [0.1, 0.15) is 11.4 Å². The van der Waals surface area contributed by atoms with Crippen LogP contribution in [0.4, 0.5) is 5.69 Å². The molecule has 252 valence electrons. The molecule has 10 heteroatoms. The number of amides is 1. The number of sulfonamides is 1. The molecule has 2 aromatic rings. The Morgan fingerprint density at radius 2 is 1.96 bits per heavy atom. The Morgan fingerprint density at radius 3 is 2.68 bits per heavy atom. The van der Waals surface area contributed by atoms with Crippen LogP contribution >= 0.6 is 22.1 Å². The number of ether oxygens (including phenoxy) is 1. The molecule has 2 heterocycles. The normalized spacial score (nSPS) is 33.9. The molecule has 2 aromatic carbocycles. The highest BCUT2D eigenvalue weighted by atomic mass is 35.5. The second-order valence-corrected chi connectivity index (χ2v) is 18.4. The number of carbonyl (C=O) groups excluding carboxylic acids is 1. The Balaban J connectivity index is 1.50. The van der Waals surface area contributed by atoms with Gasteiger partial charge >= 0.3 is 0 Å². The van der Waals surface area contributed by atoms with Crippen LogP contribution in [0.5, 0.6) is 5.75 Å². The summed E-state index contributed by atoms with van der Waals surface area (Å²) < 4.78 is 35.7. The molecule has 7 unspecified atom stereocenters. The molecule has 2 aliphatic heterocycles. The number of hydrogen-bond donors (Lipinski definition) is 2. The quantitative estimate of drug-likeness (QED) is 0.191. The summed E-state index contributed by atoms with van der Waals surface area (Å²) in [6.45, 7) is 7.35. The first-order valence-electron chi connectivity index (χ1n) is 16.4. The third-order valence-corrected chi connectivity index (χ3v) is 13.7. The van der Waals surface area contributed by atoms with Gasteiger partial charge in [0.2, 0.25) is 10.0 Å². The van der Waals surface area contributed by atoms with Crippen molar-refractivity contribution in [3.05, 3.63) is 70.3 Å². The fraction of sp³-hybridized carbons (Fsp3) is 0.514. The summed E-state index contributed by atoms with van der Waals surface area (Å²) in [6.07, 6.45) is 10.5. The fourth-order valence-electron chi connectivity index (χ4n) is 8.05. The highest BCUT2D eigenvalue weighted by Crippen LogP contribution is 2.54. The van der Waals surface area contributed by atoms with Gasteiger partial charge in [0.25, 0.3) is 5.91 Å². The lowest BCUT2D eigenvalue weighted by Crippen LogP contribution is -2.57. The van der Waals surface area contributed by atoms with E-state index in [2.05, 4.69) is 45.7 Å². The molecular weight excluding hydrogens is 652 g/mol. The van der Waals surface area contributed by atoms with Crippen LogP contribution in [0, 0.1) is 28.4 Å². The number of nitrogens with one attached hydrogen (secondary N) is 1. The smallest absolute Gasteiger partial charge is 0.264 e. The van der Waals surface area contributed by atoms with Gasteiger partial charge in [-0.2, -0.15) is 0 Å². The largest absolute Gasteiger partial charge is 0.490 e. The molecular formula is C37H45ClN2O5S2. The number of aryl methyl sites for hydroxylation is 1. The average molecular weight is 697 g/mol. The molecule has 0 aromatic heterocycles. The Morgan fingerprint density at radius 1 is 1.17 bits per heavy atom. The molecule has 6 rings (SSSR count). The van der Waals surface area contributed by atoms with Crippen LogP contribution in [-0.4, -0.2) is 62.1 Å². The van der Waals surface area contributed by atoms with Crippen molar-refractivity contribution in [3.8, 4) is 16.9 Å².